The number of ketones is 1. The summed E-state index contributed by atoms with van der Waals surface area (Å²) in [5, 5.41) is 9.32. The summed E-state index contributed by atoms with van der Waals surface area (Å²) < 4.78 is 5.68. The Hall–Kier alpha value is -2.62. The number of carboxylic acid groups (broad SMARTS) is 1. The summed E-state index contributed by atoms with van der Waals surface area (Å²) in [6.45, 7) is 11.9. The predicted molar refractivity (Wildman–Crippen MR) is 116 cm³/mol. The van der Waals surface area contributed by atoms with Crippen molar-refractivity contribution in [1.82, 2.24) is 0 Å². The molecule has 0 bridgehead atoms. The molecule has 4 nitrogen and oxygen atoms in total. The van der Waals surface area contributed by atoms with Gasteiger partial charge in [0.25, 0.3) is 0 Å². The van der Waals surface area contributed by atoms with Crippen molar-refractivity contribution in [3.05, 3.63) is 64.7 Å². The van der Waals surface area contributed by atoms with E-state index in [0.717, 1.165) is 29.5 Å². The lowest BCUT2D eigenvalue weighted by atomic mass is 9.70. The highest BCUT2D eigenvalue weighted by molar-refractivity contribution is 5.89. The lowest BCUT2D eigenvalue weighted by molar-refractivity contribution is -0.128. The molecule has 29 heavy (non-hydrogen) atoms. The first-order chi connectivity index (χ1) is 13.5. The number of benzene rings is 2. The SMILES string of the molecule is CCC(CC)(c1ccc(OCC(=O)C(C)(C)C)cc1)c1ccc(C(=O)O)c(C)c1. The number of carbonyl (C=O) groups excluding carboxylic acids is 1. The predicted octanol–water partition coefficient (Wildman–Crippen LogP) is 5.79. The highest BCUT2D eigenvalue weighted by Crippen LogP contribution is 2.40. The Bertz CT molecular complexity index is 869. The molecule has 2 aromatic carbocycles. The third kappa shape index (κ3) is 4.87. The van der Waals surface area contributed by atoms with E-state index in [1.54, 1.807) is 6.07 Å². The van der Waals surface area contributed by atoms with Crippen LogP contribution in [-0.2, 0) is 10.2 Å². The van der Waals surface area contributed by atoms with Crippen molar-refractivity contribution in [3.63, 3.8) is 0 Å². The fraction of sp³-hybridized carbons (Fsp3) is 0.440. The molecule has 0 saturated carbocycles. The standard InChI is InChI=1S/C25H32O4/c1-7-25(8-2,19-11-14-21(23(27)28)17(3)15-19)18-9-12-20(13-10-18)29-16-22(26)24(4,5)6/h9-15H,7-8,16H2,1-6H3,(H,27,28). The Kier molecular flexibility index (Phi) is 6.89. The molecular weight excluding hydrogens is 364 g/mol. The third-order valence-corrected chi connectivity index (χ3v) is 5.83. The van der Waals surface area contributed by atoms with Crippen molar-refractivity contribution in [2.24, 2.45) is 5.41 Å². The van der Waals surface area contributed by atoms with Crippen LogP contribution in [0.2, 0.25) is 0 Å². The Morgan fingerprint density at radius 3 is 1.93 bits per heavy atom. The van der Waals surface area contributed by atoms with Gasteiger partial charge in [-0.15, -0.1) is 0 Å². The zero-order valence-corrected chi connectivity index (χ0v) is 18.3. The van der Waals surface area contributed by atoms with E-state index < -0.39 is 11.4 Å². The van der Waals surface area contributed by atoms with Crippen molar-refractivity contribution in [3.8, 4) is 5.75 Å². The van der Waals surface area contributed by atoms with Crippen LogP contribution in [0.25, 0.3) is 0 Å². The van der Waals surface area contributed by atoms with Gasteiger partial charge in [0.05, 0.1) is 5.56 Å². The van der Waals surface area contributed by atoms with Crippen LogP contribution in [0.3, 0.4) is 0 Å². The summed E-state index contributed by atoms with van der Waals surface area (Å²) >= 11 is 0. The molecule has 0 spiro atoms. The van der Waals surface area contributed by atoms with Crippen molar-refractivity contribution < 1.29 is 19.4 Å². The molecule has 0 aliphatic rings. The van der Waals surface area contributed by atoms with Crippen molar-refractivity contribution in [2.45, 2.75) is 59.8 Å². The van der Waals surface area contributed by atoms with E-state index in [-0.39, 0.29) is 17.8 Å². The molecule has 0 unspecified atom stereocenters. The van der Waals surface area contributed by atoms with Crippen molar-refractivity contribution in [2.75, 3.05) is 6.61 Å². The van der Waals surface area contributed by atoms with Gasteiger partial charge in [0.2, 0.25) is 0 Å². The summed E-state index contributed by atoms with van der Waals surface area (Å²) in [5.41, 5.74) is 2.74. The summed E-state index contributed by atoms with van der Waals surface area (Å²) in [7, 11) is 0. The minimum atomic E-state index is -0.904. The smallest absolute Gasteiger partial charge is 0.335 e. The number of aromatic carboxylic acids is 1. The lowest BCUT2D eigenvalue weighted by Gasteiger charge is -2.34. The molecule has 0 saturated heterocycles. The number of rotatable bonds is 8. The summed E-state index contributed by atoms with van der Waals surface area (Å²) in [4.78, 5) is 23.4. The molecule has 0 aromatic heterocycles. The molecule has 0 aliphatic heterocycles. The highest BCUT2D eigenvalue weighted by atomic mass is 16.5. The summed E-state index contributed by atoms with van der Waals surface area (Å²) in [6.07, 6.45) is 1.77. The van der Waals surface area contributed by atoms with E-state index in [1.165, 1.54) is 0 Å². The van der Waals surface area contributed by atoms with Crippen LogP contribution < -0.4 is 4.74 Å². The molecular formula is C25H32O4. The van der Waals surface area contributed by atoms with Crippen LogP contribution in [0, 0.1) is 12.3 Å². The van der Waals surface area contributed by atoms with Crippen LogP contribution in [0.1, 0.15) is 74.5 Å². The van der Waals surface area contributed by atoms with Gasteiger partial charge >= 0.3 is 5.97 Å². The van der Waals surface area contributed by atoms with E-state index >= 15 is 0 Å². The maximum absolute atomic E-state index is 12.1. The quantitative estimate of drug-likeness (QED) is 0.613. The number of carbonyl (C=O) groups is 2. The Morgan fingerprint density at radius 1 is 0.931 bits per heavy atom. The second-order valence-electron chi connectivity index (χ2n) is 8.61. The van der Waals surface area contributed by atoms with Gasteiger partial charge in [-0.2, -0.15) is 0 Å². The van der Waals surface area contributed by atoms with Crippen LogP contribution >= 0.6 is 0 Å². The van der Waals surface area contributed by atoms with Crippen molar-refractivity contribution >= 4 is 11.8 Å². The molecule has 0 aliphatic carbocycles. The van der Waals surface area contributed by atoms with E-state index in [9.17, 15) is 14.7 Å². The van der Waals surface area contributed by atoms with Crippen LogP contribution in [0.5, 0.6) is 5.75 Å². The monoisotopic (exact) mass is 396 g/mol. The Balaban J connectivity index is 2.32. The molecule has 2 aromatic rings. The maximum atomic E-state index is 12.1. The second-order valence-corrected chi connectivity index (χ2v) is 8.61. The molecule has 156 valence electrons. The third-order valence-electron chi connectivity index (χ3n) is 5.83. The minimum Gasteiger partial charge on any atom is -0.486 e. The maximum Gasteiger partial charge on any atom is 0.335 e. The first kappa shape index (κ1) is 22.7. The highest BCUT2D eigenvalue weighted by Gasteiger charge is 2.31. The first-order valence-corrected chi connectivity index (χ1v) is 10.2. The van der Waals surface area contributed by atoms with Gasteiger partial charge in [0.1, 0.15) is 12.4 Å². The lowest BCUT2D eigenvalue weighted by Crippen LogP contribution is -2.27. The van der Waals surface area contributed by atoms with Crippen LogP contribution in [-0.4, -0.2) is 23.5 Å². The number of ether oxygens (including phenoxy) is 1. The first-order valence-electron chi connectivity index (χ1n) is 10.2. The van der Waals surface area contributed by atoms with Gasteiger partial charge < -0.3 is 9.84 Å². The number of Topliss-reactive ketones (excluding diaryl/α,β-unsaturated/α-hetero) is 1. The molecule has 2 rings (SSSR count). The molecule has 0 radical (unpaired) electrons. The fourth-order valence-electron chi connectivity index (χ4n) is 3.67. The molecule has 0 fully saturated rings. The molecule has 0 heterocycles. The molecule has 1 N–H and O–H groups in total. The Morgan fingerprint density at radius 2 is 1.48 bits per heavy atom. The largest absolute Gasteiger partial charge is 0.486 e. The van der Waals surface area contributed by atoms with E-state index in [2.05, 4.69) is 13.8 Å². The minimum absolute atomic E-state index is 0.0609. The number of hydrogen-bond acceptors (Lipinski definition) is 3. The zero-order chi connectivity index (χ0) is 21.8. The van der Waals surface area contributed by atoms with E-state index in [4.69, 9.17) is 4.74 Å². The van der Waals surface area contributed by atoms with Gasteiger partial charge in [-0.1, -0.05) is 58.9 Å². The molecule has 0 amide bonds. The van der Waals surface area contributed by atoms with Crippen LogP contribution in [0.15, 0.2) is 42.5 Å². The van der Waals surface area contributed by atoms with Gasteiger partial charge in [0, 0.05) is 10.8 Å². The molecule has 0 atom stereocenters. The van der Waals surface area contributed by atoms with E-state index in [1.807, 2.05) is 64.1 Å². The van der Waals surface area contributed by atoms with Crippen LogP contribution in [0.4, 0.5) is 0 Å². The zero-order valence-electron chi connectivity index (χ0n) is 18.3. The normalized spacial score (nSPS) is 11.9. The van der Waals surface area contributed by atoms with Gasteiger partial charge in [-0.25, -0.2) is 4.79 Å². The Labute approximate surface area is 173 Å². The van der Waals surface area contributed by atoms with E-state index in [0.29, 0.717) is 11.3 Å². The van der Waals surface area contributed by atoms with Gasteiger partial charge in [0.15, 0.2) is 5.78 Å². The number of carboxylic acids is 1. The average molecular weight is 397 g/mol. The van der Waals surface area contributed by atoms with Crippen molar-refractivity contribution in [1.29, 1.82) is 0 Å². The summed E-state index contributed by atoms with van der Waals surface area (Å²) in [6, 6.07) is 13.5. The van der Waals surface area contributed by atoms with Gasteiger partial charge in [-0.05, 0) is 54.7 Å². The molecule has 4 heteroatoms. The topological polar surface area (TPSA) is 63.6 Å². The number of aryl methyl sites for hydroxylation is 1. The second kappa shape index (κ2) is 8.81. The number of hydrogen-bond donors (Lipinski definition) is 1. The van der Waals surface area contributed by atoms with Gasteiger partial charge in [-0.3, -0.25) is 4.79 Å². The average Bonchev–Trinajstić information content (AvgIpc) is 2.67. The fourth-order valence-corrected chi connectivity index (χ4v) is 3.67. The summed E-state index contributed by atoms with van der Waals surface area (Å²) in [5.74, 6) is -0.171.